The number of hydroxylamine groups is 1. The van der Waals surface area contributed by atoms with E-state index in [1.807, 2.05) is 66.7 Å². The van der Waals surface area contributed by atoms with Gasteiger partial charge in [0, 0.05) is 41.7 Å². The molecule has 4 rings (SSSR count). The maximum atomic E-state index is 12.0. The molecule has 0 aliphatic carbocycles. The second-order valence-corrected chi connectivity index (χ2v) is 6.81. The molecule has 0 radical (unpaired) electrons. The molecule has 2 aromatic heterocycles. The van der Waals surface area contributed by atoms with E-state index >= 15 is 0 Å². The monoisotopic (exact) mass is 421 g/mol. The van der Waals surface area contributed by atoms with E-state index in [1.54, 1.807) is 17.9 Å². The summed E-state index contributed by atoms with van der Waals surface area (Å²) in [5.41, 5.74) is 5.11. The van der Waals surface area contributed by atoms with Crippen LogP contribution in [0.25, 0.3) is 11.4 Å². The lowest BCUT2D eigenvalue weighted by molar-refractivity contribution is 0.0700. The maximum Gasteiger partial charge on any atom is 0.293 e. The van der Waals surface area contributed by atoms with Crippen molar-refractivity contribution in [3.8, 4) is 23.2 Å². The van der Waals surface area contributed by atoms with E-state index in [1.165, 1.54) is 6.07 Å². The van der Waals surface area contributed by atoms with E-state index in [9.17, 15) is 4.79 Å². The van der Waals surface area contributed by atoms with Gasteiger partial charge in [-0.2, -0.15) is 0 Å². The molecule has 0 saturated heterocycles. The minimum atomic E-state index is -0.713. The molecule has 0 atom stereocenters. The lowest BCUT2D eigenvalue weighted by Gasteiger charge is -2.10. The van der Waals surface area contributed by atoms with Gasteiger partial charge in [0.2, 0.25) is 0 Å². The number of amides is 1. The molecule has 7 heteroatoms. The van der Waals surface area contributed by atoms with Gasteiger partial charge in [0.25, 0.3) is 5.91 Å². The zero-order valence-corrected chi connectivity index (χ0v) is 17.0. The smallest absolute Gasteiger partial charge is 0.293 e. The summed E-state index contributed by atoms with van der Waals surface area (Å²) in [6.07, 6.45) is 3.41. The number of aromatic nitrogens is 3. The number of carbonyl (C=O) groups is 1. The number of hydrogen-bond donors (Lipinski definition) is 3. The van der Waals surface area contributed by atoms with E-state index in [-0.39, 0.29) is 5.69 Å². The van der Waals surface area contributed by atoms with Crippen LogP contribution in [0.4, 0.5) is 5.82 Å². The summed E-state index contributed by atoms with van der Waals surface area (Å²) in [6, 6.07) is 22.4. The molecule has 7 nitrogen and oxygen atoms in total. The first-order chi connectivity index (χ1) is 15.7. The van der Waals surface area contributed by atoms with Gasteiger partial charge in [-0.3, -0.25) is 15.0 Å². The average Bonchev–Trinajstić information content (AvgIpc) is 2.87. The van der Waals surface area contributed by atoms with Crippen molar-refractivity contribution in [2.75, 3.05) is 5.32 Å². The molecule has 2 aromatic carbocycles. The maximum absolute atomic E-state index is 12.0. The van der Waals surface area contributed by atoms with Gasteiger partial charge in [0.1, 0.15) is 11.5 Å². The van der Waals surface area contributed by atoms with E-state index in [0.717, 1.165) is 16.7 Å². The largest absolute Gasteiger partial charge is 0.366 e. The molecule has 1 amide bonds. The normalized spacial score (nSPS) is 10.0. The summed E-state index contributed by atoms with van der Waals surface area (Å²) in [5, 5.41) is 12.2. The topological polar surface area (TPSA) is 100 Å². The van der Waals surface area contributed by atoms with Crippen LogP contribution in [0, 0.1) is 11.8 Å². The van der Waals surface area contributed by atoms with Crippen molar-refractivity contribution in [1.82, 2.24) is 20.4 Å². The fourth-order valence-corrected chi connectivity index (χ4v) is 2.91. The zero-order chi connectivity index (χ0) is 22.2. The van der Waals surface area contributed by atoms with Gasteiger partial charge in [-0.15, -0.1) is 0 Å². The summed E-state index contributed by atoms with van der Waals surface area (Å²) in [4.78, 5) is 24.9. The second kappa shape index (κ2) is 9.98. The fraction of sp³-hybridized carbons (Fsp3) is 0.0400. The SMILES string of the molecule is O=C(NO)c1cc(NCc2ccccc2)nc(-c2ccc(C#Cc3cccnc3)cc2)n1. The van der Waals surface area contributed by atoms with Crippen LogP contribution >= 0.6 is 0 Å². The number of anilines is 1. The third-order valence-electron chi connectivity index (χ3n) is 4.53. The molecule has 0 fully saturated rings. The molecule has 0 aliphatic rings. The van der Waals surface area contributed by atoms with Crippen molar-refractivity contribution in [2.24, 2.45) is 0 Å². The Morgan fingerprint density at radius 3 is 2.41 bits per heavy atom. The van der Waals surface area contributed by atoms with Crippen molar-refractivity contribution in [3.63, 3.8) is 0 Å². The molecule has 0 saturated carbocycles. The molecule has 0 spiro atoms. The Bertz CT molecular complexity index is 1260. The van der Waals surface area contributed by atoms with Crippen molar-refractivity contribution in [3.05, 3.63) is 108 Å². The highest BCUT2D eigenvalue weighted by Gasteiger charge is 2.12. The minimum Gasteiger partial charge on any atom is -0.366 e. The Kier molecular flexibility index (Phi) is 6.46. The Hall–Kier alpha value is -4.54. The summed E-state index contributed by atoms with van der Waals surface area (Å²) in [6.45, 7) is 0.528. The summed E-state index contributed by atoms with van der Waals surface area (Å²) in [7, 11) is 0. The predicted molar refractivity (Wildman–Crippen MR) is 121 cm³/mol. The van der Waals surface area contributed by atoms with E-state index in [0.29, 0.717) is 23.8 Å². The first-order valence-corrected chi connectivity index (χ1v) is 9.85. The van der Waals surface area contributed by atoms with E-state index in [4.69, 9.17) is 5.21 Å². The van der Waals surface area contributed by atoms with Crippen LogP contribution in [-0.4, -0.2) is 26.1 Å². The van der Waals surface area contributed by atoms with Crippen molar-refractivity contribution in [1.29, 1.82) is 0 Å². The Morgan fingerprint density at radius 2 is 1.69 bits per heavy atom. The van der Waals surface area contributed by atoms with Crippen LogP contribution < -0.4 is 10.8 Å². The van der Waals surface area contributed by atoms with Gasteiger partial charge < -0.3 is 5.32 Å². The Morgan fingerprint density at radius 1 is 0.906 bits per heavy atom. The van der Waals surface area contributed by atoms with E-state index in [2.05, 4.69) is 32.1 Å². The highest BCUT2D eigenvalue weighted by molar-refractivity contribution is 5.92. The molecule has 4 aromatic rings. The number of carbonyl (C=O) groups excluding carboxylic acids is 1. The van der Waals surface area contributed by atoms with Crippen LogP contribution in [0.5, 0.6) is 0 Å². The molecule has 0 aliphatic heterocycles. The molecule has 156 valence electrons. The van der Waals surface area contributed by atoms with Crippen molar-refractivity contribution in [2.45, 2.75) is 6.54 Å². The zero-order valence-electron chi connectivity index (χ0n) is 17.0. The molecule has 32 heavy (non-hydrogen) atoms. The average molecular weight is 421 g/mol. The van der Waals surface area contributed by atoms with Crippen LogP contribution in [0.15, 0.2) is 85.2 Å². The number of hydrogen-bond acceptors (Lipinski definition) is 6. The number of rotatable bonds is 5. The van der Waals surface area contributed by atoms with Gasteiger partial charge in [-0.05, 0) is 42.0 Å². The minimum absolute atomic E-state index is 0.0495. The number of pyridine rings is 1. The van der Waals surface area contributed by atoms with Gasteiger partial charge in [0.15, 0.2) is 5.82 Å². The Balaban J connectivity index is 1.58. The lowest BCUT2D eigenvalue weighted by Crippen LogP contribution is -2.21. The van der Waals surface area contributed by atoms with Crippen LogP contribution in [0.1, 0.15) is 27.2 Å². The standard InChI is InChI=1S/C25H19N5O2/c31-25(30-32)22-15-23(27-17-19-5-2-1-3-6-19)29-24(28-22)21-12-10-18(11-13-21)8-9-20-7-4-14-26-16-20/h1-7,10-16,32H,17H2,(H,30,31)(H,27,28,29). The molecule has 3 N–H and O–H groups in total. The molecular formula is C25H19N5O2. The first-order valence-electron chi connectivity index (χ1n) is 9.85. The van der Waals surface area contributed by atoms with E-state index < -0.39 is 5.91 Å². The first kappa shape index (κ1) is 20.7. The molecule has 0 unspecified atom stereocenters. The summed E-state index contributed by atoms with van der Waals surface area (Å²) >= 11 is 0. The summed E-state index contributed by atoms with van der Waals surface area (Å²) < 4.78 is 0. The molecule has 0 bridgehead atoms. The summed E-state index contributed by atoms with van der Waals surface area (Å²) in [5.74, 6) is 6.26. The highest BCUT2D eigenvalue weighted by atomic mass is 16.5. The fourth-order valence-electron chi connectivity index (χ4n) is 2.91. The molecule has 2 heterocycles. The van der Waals surface area contributed by atoms with Crippen LogP contribution in [0.2, 0.25) is 0 Å². The van der Waals surface area contributed by atoms with Crippen LogP contribution in [-0.2, 0) is 6.54 Å². The second-order valence-electron chi connectivity index (χ2n) is 6.81. The molecular weight excluding hydrogens is 402 g/mol. The van der Waals surface area contributed by atoms with Gasteiger partial charge in [-0.25, -0.2) is 15.4 Å². The Labute approximate surface area is 185 Å². The lowest BCUT2D eigenvalue weighted by atomic mass is 10.1. The van der Waals surface area contributed by atoms with Crippen LogP contribution in [0.3, 0.4) is 0 Å². The third-order valence-corrected chi connectivity index (χ3v) is 4.53. The highest BCUT2D eigenvalue weighted by Crippen LogP contribution is 2.19. The quantitative estimate of drug-likeness (QED) is 0.258. The van der Waals surface area contributed by atoms with Gasteiger partial charge in [0.05, 0.1) is 0 Å². The van der Waals surface area contributed by atoms with Gasteiger partial charge in [-0.1, -0.05) is 42.2 Å². The van der Waals surface area contributed by atoms with Gasteiger partial charge >= 0.3 is 0 Å². The number of nitrogens with zero attached hydrogens (tertiary/aromatic N) is 3. The van der Waals surface area contributed by atoms with Crippen molar-refractivity contribution >= 4 is 11.7 Å². The predicted octanol–water partition coefficient (Wildman–Crippen LogP) is 3.67. The van der Waals surface area contributed by atoms with Crippen molar-refractivity contribution < 1.29 is 10.0 Å². The number of nitrogens with one attached hydrogen (secondary N) is 2. The third kappa shape index (κ3) is 5.33. The number of benzene rings is 2.